The topological polar surface area (TPSA) is 96.0 Å². The Morgan fingerprint density at radius 2 is 1.78 bits per heavy atom. The number of ether oxygens (including phenoxy) is 1. The van der Waals surface area contributed by atoms with Crippen LogP contribution < -0.4 is 14.4 Å². The van der Waals surface area contributed by atoms with Crippen molar-refractivity contribution < 1.29 is 22.7 Å². The molecule has 2 aromatic rings. The Kier molecular flexibility index (Phi) is 10.8. The van der Waals surface area contributed by atoms with Crippen LogP contribution in [0.4, 0.5) is 5.69 Å². The van der Waals surface area contributed by atoms with Gasteiger partial charge in [-0.1, -0.05) is 38.5 Å². The van der Waals surface area contributed by atoms with Gasteiger partial charge in [0.15, 0.2) is 0 Å². The monoisotopic (exact) mass is 517 g/mol. The molecular weight excluding hydrogens is 478 g/mol. The van der Waals surface area contributed by atoms with Gasteiger partial charge < -0.3 is 15.0 Å². The molecule has 0 aliphatic rings. The molecule has 1 N–H and O–H groups in total. The predicted octanol–water partition coefficient (Wildman–Crippen LogP) is 3.80. The fraction of sp³-hybridized carbons (Fsp3) is 0.481. The lowest BCUT2D eigenvalue weighted by Gasteiger charge is -2.33. The Labute approximate surface area is 215 Å². The summed E-state index contributed by atoms with van der Waals surface area (Å²) in [6, 6.07) is 11.8. The Morgan fingerprint density at radius 3 is 2.36 bits per heavy atom. The van der Waals surface area contributed by atoms with Crippen molar-refractivity contribution in [3.8, 4) is 5.75 Å². The molecule has 0 saturated heterocycles. The lowest BCUT2D eigenvalue weighted by molar-refractivity contribution is -0.140. The maximum Gasteiger partial charge on any atom is 0.244 e. The molecule has 0 aliphatic heterocycles. The molecule has 0 aliphatic carbocycles. The number of methoxy groups -OCH3 is 1. The van der Waals surface area contributed by atoms with Gasteiger partial charge in [-0.3, -0.25) is 13.9 Å². The van der Waals surface area contributed by atoms with Crippen LogP contribution in [-0.4, -0.2) is 57.6 Å². The number of benzene rings is 2. The van der Waals surface area contributed by atoms with Crippen molar-refractivity contribution in [2.75, 3.05) is 30.8 Å². The molecule has 0 unspecified atom stereocenters. The summed E-state index contributed by atoms with van der Waals surface area (Å²) in [4.78, 5) is 28.3. The average molecular weight is 518 g/mol. The van der Waals surface area contributed by atoms with Crippen LogP contribution in [0.3, 0.4) is 0 Å². The first-order valence-corrected chi connectivity index (χ1v) is 14.1. The highest BCUT2D eigenvalue weighted by atomic mass is 32.2. The minimum atomic E-state index is -3.76. The van der Waals surface area contributed by atoms with E-state index in [4.69, 9.17) is 4.74 Å². The second-order valence-electron chi connectivity index (χ2n) is 8.98. The van der Waals surface area contributed by atoms with E-state index in [9.17, 15) is 18.0 Å². The lowest BCUT2D eigenvalue weighted by Crippen LogP contribution is -2.52. The number of carbonyl (C=O) groups is 2. The van der Waals surface area contributed by atoms with Gasteiger partial charge in [-0.2, -0.15) is 0 Å². The van der Waals surface area contributed by atoms with Crippen LogP contribution in [0.25, 0.3) is 0 Å². The van der Waals surface area contributed by atoms with Crippen molar-refractivity contribution in [2.24, 2.45) is 0 Å². The van der Waals surface area contributed by atoms with Crippen molar-refractivity contribution in [3.05, 3.63) is 59.2 Å². The van der Waals surface area contributed by atoms with E-state index in [-0.39, 0.29) is 12.5 Å². The Bertz CT molecular complexity index is 1150. The van der Waals surface area contributed by atoms with Crippen LogP contribution in [0.2, 0.25) is 0 Å². The highest BCUT2D eigenvalue weighted by Crippen LogP contribution is 2.23. The number of sulfonamides is 1. The van der Waals surface area contributed by atoms with Gasteiger partial charge in [-0.25, -0.2) is 8.42 Å². The maximum atomic E-state index is 13.7. The standard InChI is InChI=1S/C27H39N3O5S/c1-7-9-15-28-27(32)25(8-2)29(18-22-11-10-12-24(17-22)35-5)26(31)19-30(36(6,33)34)23-14-13-20(3)21(4)16-23/h10-14,16-17,25H,7-9,15,18-19H2,1-6H3,(H,28,32)/t25-/m0/s1. The zero-order chi connectivity index (χ0) is 26.9. The van der Waals surface area contributed by atoms with Crippen molar-refractivity contribution >= 4 is 27.5 Å². The van der Waals surface area contributed by atoms with Gasteiger partial charge in [-0.05, 0) is 67.6 Å². The fourth-order valence-electron chi connectivity index (χ4n) is 3.89. The molecule has 0 spiro atoms. The number of nitrogens with one attached hydrogen (secondary N) is 1. The molecule has 9 heteroatoms. The second-order valence-corrected chi connectivity index (χ2v) is 10.9. The molecule has 0 bridgehead atoms. The summed E-state index contributed by atoms with van der Waals surface area (Å²) < 4.78 is 31.9. The molecule has 36 heavy (non-hydrogen) atoms. The normalized spacial score (nSPS) is 12.1. The number of unbranched alkanes of at least 4 members (excludes halogenated alkanes) is 1. The summed E-state index contributed by atoms with van der Waals surface area (Å²) >= 11 is 0. The molecule has 198 valence electrons. The van der Waals surface area contributed by atoms with E-state index in [1.165, 1.54) is 4.90 Å². The first kappa shape index (κ1) is 29.2. The van der Waals surface area contributed by atoms with Crippen LogP contribution in [0, 0.1) is 13.8 Å². The summed E-state index contributed by atoms with van der Waals surface area (Å²) in [5, 5.41) is 2.92. The maximum absolute atomic E-state index is 13.7. The molecule has 1 atom stereocenters. The van der Waals surface area contributed by atoms with E-state index in [0.717, 1.165) is 40.1 Å². The third-order valence-corrected chi connectivity index (χ3v) is 7.30. The highest BCUT2D eigenvalue weighted by molar-refractivity contribution is 7.92. The van der Waals surface area contributed by atoms with Crippen molar-refractivity contribution in [3.63, 3.8) is 0 Å². The van der Waals surface area contributed by atoms with Gasteiger partial charge in [0, 0.05) is 13.1 Å². The molecule has 8 nitrogen and oxygen atoms in total. The van der Waals surface area contributed by atoms with Crippen LogP contribution in [-0.2, 0) is 26.2 Å². The number of amides is 2. The zero-order valence-corrected chi connectivity index (χ0v) is 23.0. The molecule has 2 rings (SSSR count). The van der Waals surface area contributed by atoms with Gasteiger partial charge >= 0.3 is 0 Å². The number of carbonyl (C=O) groups excluding carboxylic acids is 2. The number of aryl methyl sites for hydroxylation is 2. The highest BCUT2D eigenvalue weighted by Gasteiger charge is 2.31. The van der Waals surface area contributed by atoms with Crippen LogP contribution >= 0.6 is 0 Å². The van der Waals surface area contributed by atoms with Gasteiger partial charge in [0.1, 0.15) is 18.3 Å². The second kappa shape index (κ2) is 13.3. The minimum Gasteiger partial charge on any atom is -0.497 e. The van der Waals surface area contributed by atoms with E-state index in [1.54, 1.807) is 31.4 Å². The predicted molar refractivity (Wildman–Crippen MR) is 144 cm³/mol. The molecule has 0 radical (unpaired) electrons. The SMILES string of the molecule is CCCCNC(=O)[C@H](CC)N(Cc1cccc(OC)c1)C(=O)CN(c1ccc(C)c(C)c1)S(C)(=O)=O. The van der Waals surface area contributed by atoms with E-state index in [1.807, 2.05) is 45.9 Å². The third kappa shape index (κ3) is 7.98. The van der Waals surface area contributed by atoms with Crippen LogP contribution in [0.15, 0.2) is 42.5 Å². The lowest BCUT2D eigenvalue weighted by atomic mass is 10.1. The van der Waals surface area contributed by atoms with E-state index in [0.29, 0.717) is 24.4 Å². The first-order chi connectivity index (χ1) is 17.0. The number of anilines is 1. The van der Waals surface area contributed by atoms with Gasteiger partial charge in [0.2, 0.25) is 21.8 Å². The van der Waals surface area contributed by atoms with Crippen molar-refractivity contribution in [1.29, 1.82) is 0 Å². The van der Waals surface area contributed by atoms with Crippen molar-refractivity contribution in [1.82, 2.24) is 10.2 Å². The third-order valence-electron chi connectivity index (χ3n) is 6.16. The van der Waals surface area contributed by atoms with Crippen LogP contribution in [0.1, 0.15) is 49.8 Å². The summed E-state index contributed by atoms with van der Waals surface area (Å²) in [7, 11) is -2.20. The quantitative estimate of drug-likeness (QED) is 0.408. The first-order valence-electron chi connectivity index (χ1n) is 12.3. The Hall–Kier alpha value is -3.07. The van der Waals surface area contributed by atoms with Gasteiger partial charge in [0.05, 0.1) is 19.1 Å². The summed E-state index contributed by atoms with van der Waals surface area (Å²) in [5.41, 5.74) is 3.13. The van der Waals surface area contributed by atoms with Crippen LogP contribution in [0.5, 0.6) is 5.75 Å². The average Bonchev–Trinajstić information content (AvgIpc) is 2.83. The van der Waals surface area contributed by atoms with Gasteiger partial charge in [0.25, 0.3) is 0 Å². The van der Waals surface area contributed by atoms with Crippen molar-refractivity contribution in [2.45, 2.75) is 59.5 Å². The Balaban J connectivity index is 2.44. The summed E-state index contributed by atoms with van der Waals surface area (Å²) in [5.74, 6) is -0.0773. The van der Waals surface area contributed by atoms with E-state index in [2.05, 4.69) is 5.32 Å². The summed E-state index contributed by atoms with van der Waals surface area (Å²) in [6.07, 6.45) is 3.23. The molecule has 2 amide bonds. The molecule has 0 aromatic heterocycles. The molecule has 2 aromatic carbocycles. The Morgan fingerprint density at radius 1 is 1.06 bits per heavy atom. The number of hydrogen-bond donors (Lipinski definition) is 1. The van der Waals surface area contributed by atoms with E-state index >= 15 is 0 Å². The molecule has 0 saturated carbocycles. The minimum absolute atomic E-state index is 0.139. The fourth-order valence-corrected chi connectivity index (χ4v) is 4.73. The molecule has 0 fully saturated rings. The number of hydrogen-bond acceptors (Lipinski definition) is 5. The van der Waals surface area contributed by atoms with Gasteiger partial charge in [-0.15, -0.1) is 0 Å². The number of rotatable bonds is 13. The number of nitrogens with zero attached hydrogens (tertiary/aromatic N) is 2. The molecule has 0 heterocycles. The zero-order valence-electron chi connectivity index (χ0n) is 22.2. The largest absolute Gasteiger partial charge is 0.497 e. The summed E-state index contributed by atoms with van der Waals surface area (Å²) in [6.45, 7) is 7.95. The molecular formula is C27H39N3O5S. The van der Waals surface area contributed by atoms with E-state index < -0.39 is 28.5 Å². The smallest absolute Gasteiger partial charge is 0.244 e.